The third-order valence-corrected chi connectivity index (χ3v) is 4.64. The molecule has 0 radical (unpaired) electrons. The minimum absolute atomic E-state index is 0.00511. The standard InChI is InChI=1S/C16H19FN2OS/c1-10-7-11(18)8-12(14(10)17)15(20)19-9-16(2,3)13-5-4-6-21-13/h4-8H,9,18H2,1-3H3,(H,19,20). The number of nitrogen functional groups attached to an aromatic ring is 1. The smallest absolute Gasteiger partial charge is 0.254 e. The molecule has 0 saturated heterocycles. The number of carbonyl (C=O) groups excluding carboxylic acids is 1. The van der Waals surface area contributed by atoms with Gasteiger partial charge in [0.1, 0.15) is 5.82 Å². The molecule has 1 heterocycles. The number of nitrogens with two attached hydrogens (primary N) is 1. The fraction of sp³-hybridized carbons (Fsp3) is 0.312. The minimum atomic E-state index is -0.518. The second kappa shape index (κ2) is 5.85. The zero-order valence-corrected chi connectivity index (χ0v) is 13.2. The van der Waals surface area contributed by atoms with Gasteiger partial charge in [-0.1, -0.05) is 19.9 Å². The number of carbonyl (C=O) groups is 1. The number of hydrogen-bond acceptors (Lipinski definition) is 3. The van der Waals surface area contributed by atoms with E-state index in [1.807, 2.05) is 31.4 Å². The van der Waals surface area contributed by atoms with E-state index in [9.17, 15) is 9.18 Å². The van der Waals surface area contributed by atoms with Gasteiger partial charge in [0, 0.05) is 22.5 Å². The van der Waals surface area contributed by atoms with Crippen LogP contribution in [0.4, 0.5) is 10.1 Å². The fourth-order valence-electron chi connectivity index (χ4n) is 2.11. The van der Waals surface area contributed by atoms with Gasteiger partial charge in [-0.25, -0.2) is 4.39 Å². The summed E-state index contributed by atoms with van der Waals surface area (Å²) in [5, 5.41) is 4.79. The molecule has 112 valence electrons. The molecule has 1 amide bonds. The Bertz CT molecular complexity index is 651. The van der Waals surface area contributed by atoms with E-state index in [-0.39, 0.29) is 11.0 Å². The van der Waals surface area contributed by atoms with Crippen LogP contribution in [0.1, 0.15) is 34.6 Å². The van der Waals surface area contributed by atoms with Crippen LogP contribution in [-0.4, -0.2) is 12.5 Å². The number of halogens is 1. The van der Waals surface area contributed by atoms with Gasteiger partial charge < -0.3 is 11.1 Å². The highest BCUT2D eigenvalue weighted by Gasteiger charge is 2.23. The van der Waals surface area contributed by atoms with Crippen LogP contribution >= 0.6 is 11.3 Å². The highest BCUT2D eigenvalue weighted by Crippen LogP contribution is 2.27. The lowest BCUT2D eigenvalue weighted by Crippen LogP contribution is -2.36. The van der Waals surface area contributed by atoms with Crippen LogP contribution in [0, 0.1) is 12.7 Å². The third-order valence-electron chi connectivity index (χ3n) is 3.40. The SMILES string of the molecule is Cc1cc(N)cc(C(=O)NCC(C)(C)c2cccs2)c1F. The van der Waals surface area contributed by atoms with E-state index in [4.69, 9.17) is 5.73 Å². The first-order valence-electron chi connectivity index (χ1n) is 6.69. The van der Waals surface area contributed by atoms with Crippen LogP contribution in [-0.2, 0) is 5.41 Å². The molecule has 3 N–H and O–H groups in total. The Balaban J connectivity index is 2.13. The van der Waals surface area contributed by atoms with E-state index in [1.165, 1.54) is 17.0 Å². The molecule has 0 aliphatic rings. The number of amides is 1. The lowest BCUT2D eigenvalue weighted by atomic mass is 9.91. The van der Waals surface area contributed by atoms with Crippen molar-refractivity contribution in [1.29, 1.82) is 0 Å². The molecule has 2 rings (SSSR count). The Morgan fingerprint density at radius 2 is 2.14 bits per heavy atom. The van der Waals surface area contributed by atoms with Gasteiger partial charge in [0.15, 0.2) is 0 Å². The number of aryl methyl sites for hydroxylation is 1. The van der Waals surface area contributed by atoms with Crippen molar-refractivity contribution in [2.45, 2.75) is 26.2 Å². The molecule has 1 aromatic heterocycles. The van der Waals surface area contributed by atoms with Crippen LogP contribution in [0.25, 0.3) is 0 Å². The van der Waals surface area contributed by atoms with Gasteiger partial charge in [0.05, 0.1) is 5.56 Å². The lowest BCUT2D eigenvalue weighted by molar-refractivity contribution is 0.0941. The Morgan fingerprint density at radius 3 is 2.76 bits per heavy atom. The van der Waals surface area contributed by atoms with Crippen molar-refractivity contribution >= 4 is 22.9 Å². The Morgan fingerprint density at radius 1 is 1.43 bits per heavy atom. The normalized spacial score (nSPS) is 11.4. The average Bonchev–Trinajstić information content (AvgIpc) is 2.95. The number of thiophene rings is 1. The largest absolute Gasteiger partial charge is 0.399 e. The van der Waals surface area contributed by atoms with Crippen LogP contribution in [0.5, 0.6) is 0 Å². The number of anilines is 1. The number of nitrogens with one attached hydrogen (secondary N) is 1. The zero-order valence-electron chi connectivity index (χ0n) is 12.4. The molecule has 0 atom stereocenters. The van der Waals surface area contributed by atoms with Crippen molar-refractivity contribution in [3.05, 3.63) is 51.5 Å². The molecule has 3 nitrogen and oxygen atoms in total. The van der Waals surface area contributed by atoms with Crippen LogP contribution < -0.4 is 11.1 Å². The predicted octanol–water partition coefficient (Wildman–Crippen LogP) is 3.49. The number of benzene rings is 1. The molecule has 1 aromatic carbocycles. The second-order valence-electron chi connectivity index (χ2n) is 5.74. The predicted molar refractivity (Wildman–Crippen MR) is 85.2 cm³/mol. The third kappa shape index (κ3) is 3.42. The summed E-state index contributed by atoms with van der Waals surface area (Å²) in [7, 11) is 0. The Hall–Kier alpha value is -1.88. The fourth-order valence-corrected chi connectivity index (χ4v) is 2.96. The topological polar surface area (TPSA) is 55.1 Å². The van der Waals surface area contributed by atoms with Crippen LogP contribution in [0.15, 0.2) is 29.6 Å². The summed E-state index contributed by atoms with van der Waals surface area (Å²) in [5.41, 5.74) is 6.23. The monoisotopic (exact) mass is 306 g/mol. The molecule has 0 bridgehead atoms. The maximum absolute atomic E-state index is 14.0. The van der Waals surface area contributed by atoms with Crippen molar-refractivity contribution in [2.75, 3.05) is 12.3 Å². The Kier molecular flexibility index (Phi) is 4.32. The van der Waals surface area contributed by atoms with Crippen molar-refractivity contribution in [3.8, 4) is 0 Å². The van der Waals surface area contributed by atoms with Crippen molar-refractivity contribution in [3.63, 3.8) is 0 Å². The summed E-state index contributed by atoms with van der Waals surface area (Å²) >= 11 is 1.64. The first kappa shape index (κ1) is 15.5. The van der Waals surface area contributed by atoms with Crippen LogP contribution in [0.3, 0.4) is 0 Å². The average molecular weight is 306 g/mol. The van der Waals surface area contributed by atoms with Gasteiger partial charge in [-0.3, -0.25) is 4.79 Å². The van der Waals surface area contributed by atoms with Gasteiger partial charge >= 0.3 is 0 Å². The minimum Gasteiger partial charge on any atom is -0.399 e. The molecular weight excluding hydrogens is 287 g/mol. The molecule has 2 aromatic rings. The van der Waals surface area contributed by atoms with Crippen molar-refractivity contribution < 1.29 is 9.18 Å². The van der Waals surface area contributed by atoms with E-state index >= 15 is 0 Å². The summed E-state index contributed by atoms with van der Waals surface area (Å²) < 4.78 is 14.0. The van der Waals surface area contributed by atoms with Gasteiger partial charge in [-0.2, -0.15) is 0 Å². The highest BCUT2D eigenvalue weighted by atomic mass is 32.1. The maximum atomic E-state index is 14.0. The molecule has 0 aliphatic carbocycles. The molecule has 0 saturated carbocycles. The second-order valence-corrected chi connectivity index (χ2v) is 6.69. The molecule has 0 fully saturated rings. The lowest BCUT2D eigenvalue weighted by Gasteiger charge is -2.23. The highest BCUT2D eigenvalue weighted by molar-refractivity contribution is 7.10. The van der Waals surface area contributed by atoms with Gasteiger partial charge in [-0.05, 0) is 36.1 Å². The summed E-state index contributed by atoms with van der Waals surface area (Å²) in [4.78, 5) is 13.4. The number of rotatable bonds is 4. The van der Waals surface area contributed by atoms with Gasteiger partial charge in [-0.15, -0.1) is 11.3 Å². The molecule has 0 unspecified atom stereocenters. The Labute approximate surface area is 128 Å². The van der Waals surface area contributed by atoms with Gasteiger partial charge in [0.25, 0.3) is 5.91 Å². The van der Waals surface area contributed by atoms with Crippen molar-refractivity contribution in [2.24, 2.45) is 0 Å². The van der Waals surface area contributed by atoms with Gasteiger partial charge in [0.2, 0.25) is 0 Å². The molecule has 0 aliphatic heterocycles. The summed E-state index contributed by atoms with van der Waals surface area (Å²) in [6.45, 7) is 6.11. The van der Waals surface area contributed by atoms with Crippen molar-refractivity contribution in [1.82, 2.24) is 5.32 Å². The summed E-state index contributed by atoms with van der Waals surface area (Å²) in [6.07, 6.45) is 0. The van der Waals surface area contributed by atoms with Crippen LogP contribution in [0.2, 0.25) is 0 Å². The summed E-state index contributed by atoms with van der Waals surface area (Å²) in [6, 6.07) is 6.89. The molecule has 5 heteroatoms. The number of hydrogen-bond donors (Lipinski definition) is 2. The van der Waals surface area contributed by atoms with E-state index in [1.54, 1.807) is 18.3 Å². The maximum Gasteiger partial charge on any atom is 0.254 e. The quantitative estimate of drug-likeness (QED) is 0.850. The van der Waals surface area contributed by atoms with E-state index in [0.717, 1.165) is 0 Å². The first-order chi connectivity index (χ1) is 9.81. The van der Waals surface area contributed by atoms with E-state index < -0.39 is 11.7 Å². The molecule has 21 heavy (non-hydrogen) atoms. The molecule has 0 spiro atoms. The molecular formula is C16H19FN2OS. The van der Waals surface area contributed by atoms with E-state index in [2.05, 4.69) is 5.32 Å². The summed E-state index contributed by atoms with van der Waals surface area (Å²) in [5.74, 6) is -0.955. The van der Waals surface area contributed by atoms with E-state index in [0.29, 0.717) is 17.8 Å². The first-order valence-corrected chi connectivity index (χ1v) is 7.57. The zero-order chi connectivity index (χ0) is 15.6.